The van der Waals surface area contributed by atoms with Crippen molar-refractivity contribution in [3.63, 3.8) is 0 Å². The number of hydrogen-bond acceptors (Lipinski definition) is 4. The van der Waals surface area contributed by atoms with E-state index in [4.69, 9.17) is 16.7 Å². The van der Waals surface area contributed by atoms with Crippen LogP contribution in [0.1, 0.15) is 70.5 Å². The number of halogens is 1. The maximum Gasteiger partial charge on any atom is 0.303 e. The van der Waals surface area contributed by atoms with Crippen LogP contribution in [0.15, 0.2) is 4.79 Å². The van der Waals surface area contributed by atoms with Gasteiger partial charge in [-0.05, 0) is 68.4 Å². The van der Waals surface area contributed by atoms with Crippen LogP contribution in [0.5, 0.6) is 0 Å². The number of H-pyrrole nitrogens is 1. The lowest BCUT2D eigenvalue weighted by atomic mass is 9.52. The van der Waals surface area contributed by atoms with Gasteiger partial charge < -0.3 is 10.1 Å². The number of rotatable bonds is 6. The van der Waals surface area contributed by atoms with Gasteiger partial charge in [-0.25, -0.2) is 4.98 Å². The van der Waals surface area contributed by atoms with Gasteiger partial charge in [0.2, 0.25) is 5.28 Å². The quantitative estimate of drug-likeness (QED) is 0.731. The number of aromatic amines is 1. The fraction of sp³-hybridized carbons (Fsp3) is 0.684. The summed E-state index contributed by atoms with van der Waals surface area (Å²) >= 11 is 6.19. The number of imidazole rings is 1. The standard InChI is InChI=1S/C19H25ClN4O3/c1-2-11-24-15(27)13-14(23-17(24)20)22-16(21-13)19-8-5-18(6-9-19,7-10-19)4-3-12(25)26/h2-11H2,1H3,(H,21,22)(H,25,26). The van der Waals surface area contributed by atoms with Gasteiger partial charge in [0.25, 0.3) is 5.56 Å². The molecule has 3 saturated carbocycles. The summed E-state index contributed by atoms with van der Waals surface area (Å²) in [5.74, 6) is 0.134. The molecule has 3 aliphatic rings. The van der Waals surface area contributed by atoms with Crippen LogP contribution in [0, 0.1) is 5.41 Å². The molecule has 2 bridgehead atoms. The Morgan fingerprint density at radius 2 is 1.89 bits per heavy atom. The predicted octanol–water partition coefficient (Wildman–Crippen LogP) is 3.64. The number of carboxylic acid groups (broad SMARTS) is 1. The summed E-state index contributed by atoms with van der Waals surface area (Å²) in [7, 11) is 0. The smallest absolute Gasteiger partial charge is 0.303 e. The van der Waals surface area contributed by atoms with Gasteiger partial charge in [0.05, 0.1) is 0 Å². The lowest BCUT2D eigenvalue weighted by molar-refractivity contribution is -0.138. The van der Waals surface area contributed by atoms with Gasteiger partial charge in [0, 0.05) is 18.4 Å². The van der Waals surface area contributed by atoms with Crippen molar-refractivity contribution >= 4 is 28.7 Å². The highest BCUT2D eigenvalue weighted by Crippen LogP contribution is 2.58. The van der Waals surface area contributed by atoms with Gasteiger partial charge in [-0.1, -0.05) is 6.92 Å². The molecule has 27 heavy (non-hydrogen) atoms. The van der Waals surface area contributed by atoms with Crippen LogP contribution in [0.3, 0.4) is 0 Å². The minimum Gasteiger partial charge on any atom is -0.481 e. The van der Waals surface area contributed by atoms with E-state index in [9.17, 15) is 9.59 Å². The van der Waals surface area contributed by atoms with Crippen LogP contribution in [-0.2, 0) is 16.8 Å². The molecule has 3 aliphatic carbocycles. The van der Waals surface area contributed by atoms with E-state index in [1.54, 1.807) is 0 Å². The highest BCUT2D eigenvalue weighted by atomic mass is 35.5. The fourth-order valence-electron chi connectivity index (χ4n) is 4.99. The summed E-state index contributed by atoms with van der Waals surface area (Å²) < 4.78 is 1.49. The van der Waals surface area contributed by atoms with Gasteiger partial charge in [-0.15, -0.1) is 0 Å². The minimum atomic E-state index is -0.713. The second-order valence-corrected chi connectivity index (χ2v) is 8.63. The second-order valence-electron chi connectivity index (χ2n) is 8.30. The summed E-state index contributed by atoms with van der Waals surface area (Å²) in [5, 5.41) is 9.21. The Balaban J connectivity index is 1.63. The second kappa shape index (κ2) is 6.62. The van der Waals surface area contributed by atoms with Crippen LogP contribution < -0.4 is 5.56 Å². The zero-order valence-electron chi connectivity index (χ0n) is 15.6. The van der Waals surface area contributed by atoms with Crippen LogP contribution >= 0.6 is 11.6 Å². The molecule has 0 aliphatic heterocycles. The number of fused-ring (bicyclic) bond motifs is 4. The molecule has 0 saturated heterocycles. The topological polar surface area (TPSA) is 101 Å². The SMILES string of the molecule is CCCn1c(Cl)nc2nc(C34CCC(CCC(=O)O)(CC3)CC4)[nH]c2c1=O. The number of hydrogen-bond donors (Lipinski definition) is 2. The zero-order valence-corrected chi connectivity index (χ0v) is 16.3. The molecular weight excluding hydrogens is 368 g/mol. The molecule has 0 spiro atoms. The van der Waals surface area contributed by atoms with Crippen molar-refractivity contribution in [1.82, 2.24) is 19.5 Å². The molecule has 0 amide bonds. The molecule has 0 radical (unpaired) electrons. The number of aromatic nitrogens is 4. The molecule has 2 aromatic heterocycles. The molecule has 0 unspecified atom stereocenters. The van der Waals surface area contributed by atoms with Crippen molar-refractivity contribution in [3.05, 3.63) is 21.5 Å². The third kappa shape index (κ3) is 3.06. The molecule has 146 valence electrons. The molecule has 5 rings (SSSR count). The van der Waals surface area contributed by atoms with Crippen molar-refractivity contribution in [2.24, 2.45) is 5.41 Å². The highest BCUT2D eigenvalue weighted by molar-refractivity contribution is 6.28. The molecule has 2 heterocycles. The Kier molecular flexibility index (Phi) is 4.53. The normalized spacial score (nSPS) is 27.3. The first kappa shape index (κ1) is 18.5. The third-order valence-corrected chi connectivity index (χ3v) is 7.07. The Hall–Kier alpha value is -1.89. The number of aliphatic carboxylic acids is 1. The molecule has 7 nitrogen and oxygen atoms in total. The Bertz CT molecular complexity index is 924. The van der Waals surface area contributed by atoms with E-state index in [1.165, 1.54) is 4.57 Å². The summed E-state index contributed by atoms with van der Waals surface area (Å²) in [6, 6.07) is 0. The highest BCUT2D eigenvalue weighted by Gasteiger charge is 2.50. The fourth-order valence-corrected chi connectivity index (χ4v) is 5.24. The van der Waals surface area contributed by atoms with Gasteiger partial charge in [-0.2, -0.15) is 4.98 Å². The van der Waals surface area contributed by atoms with Crippen molar-refractivity contribution < 1.29 is 9.90 Å². The predicted molar refractivity (Wildman–Crippen MR) is 102 cm³/mol. The monoisotopic (exact) mass is 392 g/mol. The molecule has 2 N–H and O–H groups in total. The maximum atomic E-state index is 12.7. The van der Waals surface area contributed by atoms with Gasteiger partial charge in [-0.3, -0.25) is 14.2 Å². The van der Waals surface area contributed by atoms with E-state index in [0.29, 0.717) is 17.7 Å². The lowest BCUT2D eigenvalue weighted by Gasteiger charge is -2.52. The summed E-state index contributed by atoms with van der Waals surface area (Å²) in [6.07, 6.45) is 7.79. The van der Waals surface area contributed by atoms with Crippen molar-refractivity contribution in [2.45, 2.75) is 76.7 Å². The van der Waals surface area contributed by atoms with E-state index < -0.39 is 5.97 Å². The Labute approximate surface area is 162 Å². The van der Waals surface area contributed by atoms with Gasteiger partial charge >= 0.3 is 5.97 Å². The Morgan fingerprint density at radius 3 is 2.48 bits per heavy atom. The maximum absolute atomic E-state index is 12.7. The van der Waals surface area contributed by atoms with E-state index in [2.05, 4.69) is 15.0 Å². The van der Waals surface area contributed by atoms with E-state index in [0.717, 1.165) is 57.2 Å². The van der Waals surface area contributed by atoms with Crippen molar-refractivity contribution in [3.8, 4) is 0 Å². The molecular formula is C19H25ClN4O3. The first-order chi connectivity index (χ1) is 12.9. The Morgan fingerprint density at radius 1 is 1.22 bits per heavy atom. The molecule has 3 fully saturated rings. The average Bonchev–Trinajstić information content (AvgIpc) is 3.10. The number of nitrogens with one attached hydrogen (secondary N) is 1. The van der Waals surface area contributed by atoms with E-state index >= 15 is 0 Å². The average molecular weight is 393 g/mol. The first-order valence-corrected chi connectivity index (χ1v) is 10.1. The largest absolute Gasteiger partial charge is 0.481 e. The van der Waals surface area contributed by atoms with Gasteiger partial charge in [0.1, 0.15) is 5.82 Å². The summed E-state index contributed by atoms with van der Waals surface area (Å²) in [4.78, 5) is 36.0. The molecule has 2 aromatic rings. The summed E-state index contributed by atoms with van der Waals surface area (Å²) in [5.41, 5.74) is 0.784. The van der Waals surface area contributed by atoms with Crippen LogP contribution in [0.25, 0.3) is 11.2 Å². The third-order valence-electron chi connectivity index (χ3n) is 6.79. The zero-order chi connectivity index (χ0) is 19.2. The number of nitrogens with zero attached hydrogens (tertiary/aromatic N) is 3. The summed E-state index contributed by atoms with van der Waals surface area (Å²) in [6.45, 7) is 2.52. The van der Waals surface area contributed by atoms with E-state index in [-0.39, 0.29) is 28.1 Å². The van der Waals surface area contributed by atoms with Crippen LogP contribution in [-0.4, -0.2) is 30.6 Å². The molecule has 8 heteroatoms. The first-order valence-electron chi connectivity index (χ1n) is 9.76. The van der Waals surface area contributed by atoms with Gasteiger partial charge in [0.15, 0.2) is 11.2 Å². The van der Waals surface area contributed by atoms with Crippen LogP contribution in [0.2, 0.25) is 5.28 Å². The minimum absolute atomic E-state index is 0.0554. The van der Waals surface area contributed by atoms with E-state index in [1.807, 2.05) is 6.92 Å². The molecule has 0 atom stereocenters. The lowest BCUT2D eigenvalue weighted by Crippen LogP contribution is -2.45. The number of carbonyl (C=O) groups is 1. The van der Waals surface area contributed by atoms with Crippen molar-refractivity contribution in [1.29, 1.82) is 0 Å². The number of carboxylic acids is 1. The van der Waals surface area contributed by atoms with Crippen LogP contribution in [0.4, 0.5) is 0 Å². The van der Waals surface area contributed by atoms with Crippen molar-refractivity contribution in [2.75, 3.05) is 0 Å². The molecule has 0 aromatic carbocycles.